The number of hydrogen-bond donors (Lipinski definition) is 0. The molecule has 0 aliphatic heterocycles. The molecule has 4 aromatic carbocycles. The van der Waals surface area contributed by atoms with Crippen LogP contribution in [-0.2, 0) is 0 Å². The highest BCUT2D eigenvalue weighted by atomic mass is 35.5. The molecule has 0 heterocycles. The van der Waals surface area contributed by atoms with Gasteiger partial charge in [0.2, 0.25) is 0 Å². The smallest absolute Gasteiger partial charge is 0.0406 e. The van der Waals surface area contributed by atoms with Crippen LogP contribution in [0.2, 0.25) is 10.0 Å². The Morgan fingerprint density at radius 1 is 0.567 bits per heavy atom. The van der Waals surface area contributed by atoms with Crippen molar-refractivity contribution in [1.82, 2.24) is 0 Å². The molecule has 1 unspecified atom stereocenters. The summed E-state index contributed by atoms with van der Waals surface area (Å²) in [7, 11) is -0.659. The van der Waals surface area contributed by atoms with Gasteiger partial charge < -0.3 is 0 Å². The standard InChI is InChI=1S/C27H21Cl2P/c28-23-16-11-21(12-17-23)13-20-27(22-14-18-24(29)19-15-22)30(25-7-3-1-4-8-25)26-9-5-2-6-10-26/h1-20,27H. The average Bonchev–Trinajstić information content (AvgIpc) is 2.79. The van der Waals surface area contributed by atoms with Crippen molar-refractivity contribution >= 4 is 47.8 Å². The van der Waals surface area contributed by atoms with Crippen LogP contribution in [0.5, 0.6) is 0 Å². The Labute approximate surface area is 189 Å². The molecule has 0 bridgehead atoms. The van der Waals surface area contributed by atoms with E-state index >= 15 is 0 Å². The average molecular weight is 447 g/mol. The van der Waals surface area contributed by atoms with Crippen LogP contribution in [0.4, 0.5) is 0 Å². The van der Waals surface area contributed by atoms with Crippen LogP contribution < -0.4 is 10.6 Å². The van der Waals surface area contributed by atoms with E-state index in [4.69, 9.17) is 23.2 Å². The molecule has 0 N–H and O–H groups in total. The van der Waals surface area contributed by atoms with Crippen LogP contribution in [0.1, 0.15) is 16.8 Å². The second-order valence-corrected chi connectivity index (χ2v) is 10.2. The lowest BCUT2D eigenvalue weighted by Gasteiger charge is -2.27. The third kappa shape index (κ3) is 5.21. The van der Waals surface area contributed by atoms with Crippen molar-refractivity contribution in [1.29, 1.82) is 0 Å². The Hall–Kier alpha value is -2.37. The highest BCUT2D eigenvalue weighted by Gasteiger charge is 2.24. The van der Waals surface area contributed by atoms with Gasteiger partial charge in [-0.25, -0.2) is 0 Å². The number of benzene rings is 4. The minimum Gasteiger partial charge on any atom is -0.0843 e. The van der Waals surface area contributed by atoms with Gasteiger partial charge in [0.1, 0.15) is 0 Å². The lowest BCUT2D eigenvalue weighted by Crippen LogP contribution is -2.16. The molecule has 4 aromatic rings. The van der Waals surface area contributed by atoms with Crippen molar-refractivity contribution in [2.24, 2.45) is 0 Å². The van der Waals surface area contributed by atoms with Crippen molar-refractivity contribution in [2.45, 2.75) is 5.66 Å². The van der Waals surface area contributed by atoms with E-state index in [1.807, 2.05) is 36.4 Å². The van der Waals surface area contributed by atoms with Gasteiger partial charge in [0.15, 0.2) is 0 Å². The highest BCUT2D eigenvalue weighted by Crippen LogP contribution is 2.50. The van der Waals surface area contributed by atoms with Gasteiger partial charge in [-0.15, -0.1) is 0 Å². The number of allylic oxidation sites excluding steroid dienone is 1. The van der Waals surface area contributed by atoms with E-state index in [9.17, 15) is 0 Å². The van der Waals surface area contributed by atoms with E-state index in [0.717, 1.165) is 15.6 Å². The molecule has 0 saturated carbocycles. The van der Waals surface area contributed by atoms with Crippen molar-refractivity contribution in [2.75, 3.05) is 0 Å². The van der Waals surface area contributed by atoms with Gasteiger partial charge in [-0.05, 0) is 53.9 Å². The first-order chi connectivity index (χ1) is 14.7. The molecule has 148 valence electrons. The summed E-state index contributed by atoms with van der Waals surface area (Å²) < 4.78 is 0. The zero-order valence-electron chi connectivity index (χ0n) is 16.3. The summed E-state index contributed by atoms with van der Waals surface area (Å²) in [5.41, 5.74) is 2.59. The van der Waals surface area contributed by atoms with Crippen molar-refractivity contribution in [3.05, 3.63) is 136 Å². The monoisotopic (exact) mass is 446 g/mol. The van der Waals surface area contributed by atoms with Gasteiger partial charge >= 0.3 is 0 Å². The SMILES string of the molecule is Clc1ccc(C=CC(c2ccc(Cl)cc2)P(c2ccccc2)c2ccccc2)cc1. The molecule has 4 rings (SSSR count). The minimum atomic E-state index is -0.659. The van der Waals surface area contributed by atoms with E-state index in [2.05, 4.69) is 84.9 Å². The fraction of sp³-hybridized carbons (Fsp3) is 0.0370. The topological polar surface area (TPSA) is 0 Å². The van der Waals surface area contributed by atoms with Gasteiger partial charge in [0.05, 0.1) is 0 Å². The predicted molar refractivity (Wildman–Crippen MR) is 134 cm³/mol. The Balaban J connectivity index is 1.82. The summed E-state index contributed by atoms with van der Waals surface area (Å²) in [6, 6.07) is 37.7. The molecular formula is C27H21Cl2P. The van der Waals surface area contributed by atoms with Gasteiger partial charge in [-0.2, -0.15) is 0 Å². The van der Waals surface area contributed by atoms with E-state index in [-0.39, 0.29) is 5.66 Å². The maximum Gasteiger partial charge on any atom is 0.0406 e. The molecule has 1 atom stereocenters. The van der Waals surface area contributed by atoms with E-state index in [1.54, 1.807) is 0 Å². The summed E-state index contributed by atoms with van der Waals surface area (Å²) in [6.07, 6.45) is 4.51. The molecule has 3 heteroatoms. The summed E-state index contributed by atoms with van der Waals surface area (Å²) >= 11 is 12.3. The summed E-state index contributed by atoms with van der Waals surface area (Å²) in [4.78, 5) is 0. The van der Waals surface area contributed by atoms with Crippen molar-refractivity contribution < 1.29 is 0 Å². The first-order valence-electron chi connectivity index (χ1n) is 9.79. The lowest BCUT2D eigenvalue weighted by molar-refractivity contribution is 1.22. The Bertz CT molecular complexity index is 1050. The molecule has 0 aliphatic carbocycles. The first-order valence-corrected chi connectivity index (χ1v) is 12.0. The zero-order chi connectivity index (χ0) is 20.8. The molecular weight excluding hydrogens is 426 g/mol. The molecule has 0 nitrogen and oxygen atoms in total. The van der Waals surface area contributed by atoms with Crippen LogP contribution in [0.25, 0.3) is 6.08 Å². The summed E-state index contributed by atoms with van der Waals surface area (Å²) in [5.74, 6) is 0. The van der Waals surface area contributed by atoms with E-state index in [1.165, 1.54) is 16.2 Å². The van der Waals surface area contributed by atoms with Crippen molar-refractivity contribution in [3.8, 4) is 0 Å². The quantitative estimate of drug-likeness (QED) is 0.264. The number of hydrogen-bond acceptors (Lipinski definition) is 0. The third-order valence-electron chi connectivity index (χ3n) is 4.90. The Morgan fingerprint density at radius 2 is 1.03 bits per heavy atom. The van der Waals surface area contributed by atoms with Crippen molar-refractivity contribution in [3.63, 3.8) is 0 Å². The Morgan fingerprint density at radius 3 is 1.53 bits per heavy atom. The first kappa shape index (κ1) is 20.9. The molecule has 0 saturated heterocycles. The molecule has 0 amide bonds. The lowest BCUT2D eigenvalue weighted by atomic mass is 10.1. The van der Waals surface area contributed by atoms with Crippen LogP contribution in [0, 0.1) is 0 Å². The fourth-order valence-corrected chi connectivity index (χ4v) is 6.34. The second-order valence-electron chi connectivity index (χ2n) is 6.95. The molecule has 0 spiro atoms. The Kier molecular flexibility index (Phi) is 7.03. The summed E-state index contributed by atoms with van der Waals surface area (Å²) in [6.45, 7) is 0. The number of halogens is 2. The second kappa shape index (κ2) is 10.1. The van der Waals surface area contributed by atoms with Gasteiger partial charge in [0, 0.05) is 15.7 Å². The van der Waals surface area contributed by atoms with Crippen LogP contribution >= 0.6 is 31.1 Å². The zero-order valence-corrected chi connectivity index (χ0v) is 18.7. The molecule has 0 aromatic heterocycles. The summed E-state index contributed by atoms with van der Waals surface area (Å²) in [5, 5.41) is 4.19. The third-order valence-corrected chi connectivity index (χ3v) is 8.14. The minimum absolute atomic E-state index is 0.206. The van der Waals surface area contributed by atoms with E-state index < -0.39 is 7.92 Å². The molecule has 30 heavy (non-hydrogen) atoms. The van der Waals surface area contributed by atoms with Crippen LogP contribution in [0.15, 0.2) is 115 Å². The van der Waals surface area contributed by atoms with Gasteiger partial charge in [-0.3, -0.25) is 0 Å². The molecule has 0 radical (unpaired) electrons. The van der Waals surface area contributed by atoms with Crippen LogP contribution in [-0.4, -0.2) is 0 Å². The fourth-order valence-electron chi connectivity index (χ4n) is 3.43. The van der Waals surface area contributed by atoms with E-state index in [0.29, 0.717) is 0 Å². The maximum atomic E-state index is 6.19. The number of rotatable bonds is 6. The van der Waals surface area contributed by atoms with Gasteiger partial charge in [-0.1, -0.05) is 120 Å². The largest absolute Gasteiger partial charge is 0.0843 e. The normalized spacial score (nSPS) is 12.4. The molecule has 0 aliphatic rings. The van der Waals surface area contributed by atoms with Gasteiger partial charge in [0.25, 0.3) is 0 Å². The highest BCUT2D eigenvalue weighted by molar-refractivity contribution is 7.73. The molecule has 0 fully saturated rings. The van der Waals surface area contributed by atoms with Crippen LogP contribution in [0.3, 0.4) is 0 Å². The predicted octanol–water partition coefficient (Wildman–Crippen LogP) is 7.88. The maximum absolute atomic E-state index is 6.19.